The topological polar surface area (TPSA) is 26.3 Å². The van der Waals surface area contributed by atoms with Crippen LogP contribution in [0.25, 0.3) is 0 Å². The van der Waals surface area contributed by atoms with Crippen molar-refractivity contribution in [2.75, 3.05) is 0 Å². The third-order valence-corrected chi connectivity index (χ3v) is 3.62. The molecule has 0 bridgehead atoms. The van der Waals surface area contributed by atoms with E-state index in [4.69, 9.17) is 4.74 Å². The van der Waals surface area contributed by atoms with E-state index in [1.54, 1.807) is 6.92 Å². The van der Waals surface area contributed by atoms with Gasteiger partial charge in [-0.2, -0.15) is 0 Å². The molecule has 0 aromatic heterocycles. The molecule has 0 aromatic rings. The van der Waals surface area contributed by atoms with E-state index in [1.807, 2.05) is 13.8 Å². The van der Waals surface area contributed by atoms with Gasteiger partial charge in [0.15, 0.2) is 0 Å². The van der Waals surface area contributed by atoms with Gasteiger partial charge >= 0.3 is 5.97 Å². The number of esters is 1. The lowest BCUT2D eigenvalue weighted by Crippen LogP contribution is -2.20. The van der Waals surface area contributed by atoms with Gasteiger partial charge in [0, 0.05) is 9.15 Å². The third-order valence-electron chi connectivity index (χ3n) is 1.51. The second-order valence-electron chi connectivity index (χ2n) is 2.84. The first kappa shape index (κ1) is 8.04. The number of hydrogen-bond donors (Lipinski definition) is 0. The Labute approximate surface area is 73.8 Å². The summed E-state index contributed by atoms with van der Waals surface area (Å²) in [5.74, 6) is -0.186. The summed E-state index contributed by atoms with van der Waals surface area (Å²) < 4.78 is 6.06. The SMILES string of the molecule is CC1=C(I)C(C)(C)OC1=O. The highest BCUT2D eigenvalue weighted by atomic mass is 127. The predicted molar refractivity (Wildman–Crippen MR) is 46.9 cm³/mol. The van der Waals surface area contributed by atoms with Crippen LogP contribution in [0.2, 0.25) is 0 Å². The van der Waals surface area contributed by atoms with Crippen LogP contribution in [0.5, 0.6) is 0 Å². The molecule has 1 aliphatic heterocycles. The first-order valence-electron chi connectivity index (χ1n) is 3.05. The molecule has 0 N–H and O–H groups in total. The molecule has 3 heteroatoms. The van der Waals surface area contributed by atoms with Crippen molar-refractivity contribution in [2.24, 2.45) is 0 Å². The fourth-order valence-corrected chi connectivity index (χ4v) is 1.22. The molecule has 1 aliphatic rings. The van der Waals surface area contributed by atoms with Crippen LogP contribution in [0.3, 0.4) is 0 Å². The number of carbonyl (C=O) groups is 1. The minimum absolute atomic E-state index is 0.186. The van der Waals surface area contributed by atoms with Gasteiger partial charge in [-0.05, 0) is 43.4 Å². The summed E-state index contributed by atoms with van der Waals surface area (Å²) >= 11 is 2.15. The van der Waals surface area contributed by atoms with Crippen LogP contribution >= 0.6 is 22.6 Å². The van der Waals surface area contributed by atoms with Crippen LogP contribution in [-0.2, 0) is 9.53 Å². The Balaban J connectivity index is 3.06. The maximum absolute atomic E-state index is 10.9. The van der Waals surface area contributed by atoms with Gasteiger partial charge in [-0.15, -0.1) is 0 Å². The zero-order valence-corrected chi connectivity index (χ0v) is 8.35. The Bertz CT molecular complexity index is 216. The van der Waals surface area contributed by atoms with Crippen molar-refractivity contribution in [3.63, 3.8) is 0 Å². The third kappa shape index (κ3) is 1.07. The average Bonchev–Trinajstić information content (AvgIpc) is 1.95. The minimum atomic E-state index is -0.387. The molecule has 0 saturated heterocycles. The zero-order chi connectivity index (χ0) is 7.94. The van der Waals surface area contributed by atoms with Gasteiger partial charge in [-0.25, -0.2) is 4.79 Å². The Morgan fingerprint density at radius 2 is 2.00 bits per heavy atom. The summed E-state index contributed by atoms with van der Waals surface area (Å²) in [5.41, 5.74) is 0.354. The maximum atomic E-state index is 10.9. The predicted octanol–water partition coefficient (Wildman–Crippen LogP) is 2.03. The Morgan fingerprint density at radius 1 is 1.50 bits per heavy atom. The number of hydrogen-bond acceptors (Lipinski definition) is 2. The lowest BCUT2D eigenvalue weighted by molar-refractivity contribution is -0.144. The van der Waals surface area contributed by atoms with Crippen molar-refractivity contribution in [3.8, 4) is 0 Å². The normalized spacial score (nSPS) is 23.4. The standard InChI is InChI=1S/C7H9IO2/c1-4-5(8)7(2,3)10-6(4)9/h1-3H3. The molecular formula is C7H9IO2. The molecule has 0 spiro atoms. The monoisotopic (exact) mass is 252 g/mol. The lowest BCUT2D eigenvalue weighted by atomic mass is 10.1. The largest absolute Gasteiger partial charge is 0.451 e. The number of halogens is 1. The fraction of sp³-hybridized carbons (Fsp3) is 0.571. The van der Waals surface area contributed by atoms with E-state index in [0.717, 1.165) is 9.15 Å². The van der Waals surface area contributed by atoms with Crippen LogP contribution in [0.1, 0.15) is 20.8 Å². The molecule has 0 radical (unpaired) electrons. The van der Waals surface area contributed by atoms with Crippen LogP contribution in [0.15, 0.2) is 9.15 Å². The Morgan fingerprint density at radius 3 is 2.10 bits per heavy atom. The molecule has 1 rings (SSSR count). The number of ether oxygens (including phenoxy) is 1. The molecule has 0 aliphatic carbocycles. The molecular weight excluding hydrogens is 243 g/mol. The summed E-state index contributed by atoms with van der Waals surface area (Å²) in [7, 11) is 0. The second-order valence-corrected chi connectivity index (χ2v) is 3.92. The number of rotatable bonds is 0. The van der Waals surface area contributed by atoms with Crippen LogP contribution < -0.4 is 0 Å². The van der Waals surface area contributed by atoms with E-state index in [9.17, 15) is 4.79 Å². The van der Waals surface area contributed by atoms with Crippen LogP contribution in [-0.4, -0.2) is 11.6 Å². The van der Waals surface area contributed by atoms with Gasteiger partial charge in [-0.1, -0.05) is 0 Å². The van der Waals surface area contributed by atoms with E-state index in [-0.39, 0.29) is 11.6 Å². The Hall–Kier alpha value is -0.0600. The van der Waals surface area contributed by atoms with E-state index >= 15 is 0 Å². The van der Waals surface area contributed by atoms with Crippen molar-refractivity contribution < 1.29 is 9.53 Å². The quantitative estimate of drug-likeness (QED) is 0.487. The van der Waals surface area contributed by atoms with Crippen LogP contribution in [0, 0.1) is 0 Å². The van der Waals surface area contributed by atoms with E-state index in [0.29, 0.717) is 0 Å². The minimum Gasteiger partial charge on any atom is -0.451 e. The molecule has 1 heterocycles. The van der Waals surface area contributed by atoms with E-state index in [2.05, 4.69) is 22.6 Å². The summed E-state index contributed by atoms with van der Waals surface area (Å²) in [6.07, 6.45) is 0. The Kier molecular flexibility index (Phi) is 1.78. The fourth-order valence-electron chi connectivity index (χ4n) is 0.894. The van der Waals surface area contributed by atoms with E-state index < -0.39 is 0 Å². The second kappa shape index (κ2) is 2.22. The van der Waals surface area contributed by atoms with E-state index in [1.165, 1.54) is 0 Å². The molecule has 0 fully saturated rings. The van der Waals surface area contributed by atoms with Crippen molar-refractivity contribution in [1.82, 2.24) is 0 Å². The summed E-state index contributed by atoms with van der Waals surface area (Å²) in [6.45, 7) is 5.57. The van der Waals surface area contributed by atoms with Gasteiger partial charge in [0.2, 0.25) is 0 Å². The van der Waals surface area contributed by atoms with Crippen LogP contribution in [0.4, 0.5) is 0 Å². The molecule has 0 amide bonds. The highest BCUT2D eigenvalue weighted by Crippen LogP contribution is 2.36. The van der Waals surface area contributed by atoms with Gasteiger partial charge in [0.25, 0.3) is 0 Å². The van der Waals surface area contributed by atoms with Gasteiger partial charge in [0.1, 0.15) is 5.60 Å². The molecule has 0 aromatic carbocycles. The highest BCUT2D eigenvalue weighted by molar-refractivity contribution is 14.1. The van der Waals surface area contributed by atoms with Crippen molar-refractivity contribution in [3.05, 3.63) is 9.15 Å². The molecule has 10 heavy (non-hydrogen) atoms. The zero-order valence-electron chi connectivity index (χ0n) is 6.19. The first-order valence-corrected chi connectivity index (χ1v) is 4.13. The van der Waals surface area contributed by atoms with Gasteiger partial charge in [-0.3, -0.25) is 0 Å². The highest BCUT2D eigenvalue weighted by Gasteiger charge is 2.36. The molecule has 0 unspecified atom stereocenters. The maximum Gasteiger partial charge on any atom is 0.335 e. The lowest BCUT2D eigenvalue weighted by Gasteiger charge is -2.16. The van der Waals surface area contributed by atoms with Crippen molar-refractivity contribution in [1.29, 1.82) is 0 Å². The summed E-state index contributed by atoms with van der Waals surface area (Å²) in [6, 6.07) is 0. The molecule has 0 saturated carbocycles. The molecule has 2 nitrogen and oxygen atoms in total. The number of cyclic esters (lactones) is 1. The average molecular weight is 252 g/mol. The summed E-state index contributed by atoms with van der Waals surface area (Å²) in [4.78, 5) is 10.9. The molecule has 56 valence electrons. The van der Waals surface area contributed by atoms with Gasteiger partial charge < -0.3 is 4.74 Å². The van der Waals surface area contributed by atoms with Gasteiger partial charge in [0.05, 0.1) is 0 Å². The first-order chi connectivity index (χ1) is 4.45. The smallest absolute Gasteiger partial charge is 0.335 e. The van der Waals surface area contributed by atoms with Crippen molar-refractivity contribution in [2.45, 2.75) is 26.4 Å². The number of carbonyl (C=O) groups excluding carboxylic acids is 1. The molecule has 0 atom stereocenters. The van der Waals surface area contributed by atoms with Crippen molar-refractivity contribution >= 4 is 28.6 Å². The summed E-state index contributed by atoms with van der Waals surface area (Å²) in [5, 5.41) is 0.